The minimum atomic E-state index is -0.447. The van der Waals surface area contributed by atoms with Gasteiger partial charge in [0.15, 0.2) is 23.6 Å². The largest absolute Gasteiger partial charge is 0.482 e. The average molecular weight is 328 g/mol. The van der Waals surface area contributed by atoms with Gasteiger partial charge in [-0.2, -0.15) is 0 Å². The van der Waals surface area contributed by atoms with E-state index in [0.717, 1.165) is 6.42 Å². The molecule has 0 N–H and O–H groups in total. The number of furan rings is 1. The molecule has 0 saturated carbocycles. The normalized spacial score (nSPS) is 10.7. The molecule has 6 nitrogen and oxygen atoms in total. The van der Waals surface area contributed by atoms with Crippen LogP contribution in [0.4, 0.5) is 0 Å². The first-order chi connectivity index (χ1) is 11.7. The summed E-state index contributed by atoms with van der Waals surface area (Å²) in [6.07, 6.45) is 2.26. The predicted molar refractivity (Wildman–Crippen MR) is 86.9 cm³/mol. The fourth-order valence-electron chi connectivity index (χ4n) is 2.17. The SMILES string of the molecule is CCCOC(=O)COc1ccc2oc(-c3ccco3)cc(=O)c2c1. The summed E-state index contributed by atoms with van der Waals surface area (Å²) in [4.78, 5) is 23.7. The Labute approximate surface area is 137 Å². The number of hydrogen-bond donors (Lipinski definition) is 0. The highest BCUT2D eigenvalue weighted by atomic mass is 16.6. The molecule has 3 aromatic rings. The van der Waals surface area contributed by atoms with Crippen LogP contribution in [-0.4, -0.2) is 19.2 Å². The summed E-state index contributed by atoms with van der Waals surface area (Å²) < 4.78 is 21.2. The number of carbonyl (C=O) groups excluding carboxylic acids is 1. The van der Waals surface area contributed by atoms with E-state index < -0.39 is 5.97 Å². The molecule has 0 aliphatic heterocycles. The Hall–Kier alpha value is -3.02. The molecule has 1 aromatic carbocycles. The number of fused-ring (bicyclic) bond motifs is 1. The zero-order valence-electron chi connectivity index (χ0n) is 13.1. The van der Waals surface area contributed by atoms with Gasteiger partial charge in [-0.1, -0.05) is 6.92 Å². The van der Waals surface area contributed by atoms with E-state index in [4.69, 9.17) is 18.3 Å². The van der Waals surface area contributed by atoms with Crippen molar-refractivity contribution in [2.75, 3.05) is 13.2 Å². The Morgan fingerprint density at radius 1 is 1.17 bits per heavy atom. The van der Waals surface area contributed by atoms with Gasteiger partial charge in [-0.3, -0.25) is 4.79 Å². The van der Waals surface area contributed by atoms with Gasteiger partial charge < -0.3 is 18.3 Å². The summed E-state index contributed by atoms with van der Waals surface area (Å²) in [6, 6.07) is 9.58. The quantitative estimate of drug-likeness (QED) is 0.645. The van der Waals surface area contributed by atoms with Gasteiger partial charge in [-0.05, 0) is 36.8 Å². The topological polar surface area (TPSA) is 78.9 Å². The Balaban J connectivity index is 1.81. The number of hydrogen-bond acceptors (Lipinski definition) is 6. The van der Waals surface area contributed by atoms with Crippen LogP contribution in [0.5, 0.6) is 5.75 Å². The molecule has 0 bridgehead atoms. The first kappa shape index (κ1) is 15.9. The van der Waals surface area contributed by atoms with Crippen molar-refractivity contribution in [2.24, 2.45) is 0 Å². The van der Waals surface area contributed by atoms with E-state index in [1.54, 1.807) is 30.3 Å². The molecule has 2 heterocycles. The molecule has 0 fully saturated rings. The number of esters is 1. The smallest absolute Gasteiger partial charge is 0.344 e. The Morgan fingerprint density at radius 3 is 2.79 bits per heavy atom. The molecule has 0 aliphatic carbocycles. The molecule has 0 aliphatic rings. The summed E-state index contributed by atoms with van der Waals surface area (Å²) in [6.45, 7) is 2.06. The summed E-state index contributed by atoms with van der Waals surface area (Å²) in [5.74, 6) is 0.786. The van der Waals surface area contributed by atoms with Crippen LogP contribution in [0.3, 0.4) is 0 Å². The summed E-state index contributed by atoms with van der Waals surface area (Å²) in [7, 11) is 0. The molecule has 3 rings (SSSR count). The second-order valence-electron chi connectivity index (χ2n) is 5.12. The van der Waals surface area contributed by atoms with Crippen LogP contribution in [0.1, 0.15) is 13.3 Å². The predicted octanol–water partition coefficient (Wildman–Crippen LogP) is 3.39. The summed E-state index contributed by atoms with van der Waals surface area (Å²) in [5, 5.41) is 0.365. The maximum Gasteiger partial charge on any atom is 0.344 e. The molecule has 2 aromatic heterocycles. The van der Waals surface area contributed by atoms with Crippen molar-refractivity contribution in [3.63, 3.8) is 0 Å². The first-order valence-corrected chi connectivity index (χ1v) is 7.57. The van der Waals surface area contributed by atoms with Gasteiger partial charge in [0.05, 0.1) is 18.3 Å². The maximum atomic E-state index is 12.3. The van der Waals surface area contributed by atoms with Crippen LogP contribution in [0.25, 0.3) is 22.5 Å². The second-order valence-corrected chi connectivity index (χ2v) is 5.12. The average Bonchev–Trinajstić information content (AvgIpc) is 3.13. The van der Waals surface area contributed by atoms with Crippen LogP contribution in [0, 0.1) is 0 Å². The van der Waals surface area contributed by atoms with E-state index in [1.807, 2.05) is 6.92 Å². The standard InChI is InChI=1S/C18H16O6/c1-2-7-22-18(20)11-23-12-5-6-15-13(9-12)14(19)10-17(24-15)16-4-3-8-21-16/h3-6,8-10H,2,7,11H2,1H3. The number of ether oxygens (including phenoxy) is 2. The highest BCUT2D eigenvalue weighted by Crippen LogP contribution is 2.24. The number of carbonyl (C=O) groups is 1. The lowest BCUT2D eigenvalue weighted by Gasteiger charge is -2.07. The van der Waals surface area contributed by atoms with Crippen LogP contribution in [-0.2, 0) is 9.53 Å². The third kappa shape index (κ3) is 3.48. The third-order valence-electron chi connectivity index (χ3n) is 3.29. The lowest BCUT2D eigenvalue weighted by atomic mass is 10.2. The van der Waals surface area contributed by atoms with Crippen LogP contribution in [0.15, 0.2) is 56.3 Å². The molecule has 0 amide bonds. The van der Waals surface area contributed by atoms with E-state index in [-0.39, 0.29) is 12.0 Å². The Morgan fingerprint density at radius 2 is 2.04 bits per heavy atom. The molecule has 0 saturated heterocycles. The van der Waals surface area contributed by atoms with Crippen LogP contribution in [0.2, 0.25) is 0 Å². The van der Waals surface area contributed by atoms with Crippen molar-refractivity contribution < 1.29 is 23.1 Å². The van der Waals surface area contributed by atoms with Gasteiger partial charge in [-0.25, -0.2) is 4.79 Å². The molecule has 0 atom stereocenters. The second kappa shape index (κ2) is 7.04. The number of rotatable bonds is 6. The fourth-order valence-corrected chi connectivity index (χ4v) is 2.17. The van der Waals surface area contributed by atoms with Gasteiger partial charge in [-0.15, -0.1) is 0 Å². The minimum Gasteiger partial charge on any atom is -0.482 e. The lowest BCUT2D eigenvalue weighted by Crippen LogP contribution is -2.15. The molecule has 0 unspecified atom stereocenters. The van der Waals surface area contributed by atoms with Gasteiger partial charge >= 0.3 is 5.97 Å². The van der Waals surface area contributed by atoms with Gasteiger partial charge in [0.2, 0.25) is 0 Å². The van der Waals surface area contributed by atoms with Crippen LogP contribution < -0.4 is 10.2 Å². The van der Waals surface area contributed by atoms with E-state index in [2.05, 4.69) is 0 Å². The van der Waals surface area contributed by atoms with Crippen LogP contribution >= 0.6 is 0 Å². The highest BCUT2D eigenvalue weighted by molar-refractivity contribution is 5.80. The van der Waals surface area contributed by atoms with Crippen molar-refractivity contribution >= 4 is 16.9 Å². The van der Waals surface area contributed by atoms with Gasteiger partial charge in [0.25, 0.3) is 0 Å². The fraction of sp³-hybridized carbons (Fsp3) is 0.222. The monoisotopic (exact) mass is 328 g/mol. The first-order valence-electron chi connectivity index (χ1n) is 7.57. The Kier molecular flexibility index (Phi) is 4.65. The highest BCUT2D eigenvalue weighted by Gasteiger charge is 2.11. The zero-order chi connectivity index (χ0) is 16.9. The van der Waals surface area contributed by atoms with E-state index in [0.29, 0.717) is 34.8 Å². The van der Waals surface area contributed by atoms with Gasteiger partial charge in [0, 0.05) is 6.07 Å². The van der Waals surface area contributed by atoms with Crippen molar-refractivity contribution in [3.05, 3.63) is 52.9 Å². The van der Waals surface area contributed by atoms with E-state index in [9.17, 15) is 9.59 Å². The Bertz CT molecular complexity index is 892. The summed E-state index contributed by atoms with van der Waals surface area (Å²) in [5.41, 5.74) is 0.191. The van der Waals surface area contributed by atoms with Gasteiger partial charge in [0.1, 0.15) is 11.3 Å². The lowest BCUT2D eigenvalue weighted by molar-refractivity contribution is -0.146. The van der Waals surface area contributed by atoms with Crippen molar-refractivity contribution in [1.29, 1.82) is 0 Å². The van der Waals surface area contributed by atoms with Crippen molar-refractivity contribution in [1.82, 2.24) is 0 Å². The third-order valence-corrected chi connectivity index (χ3v) is 3.29. The summed E-state index contributed by atoms with van der Waals surface area (Å²) >= 11 is 0. The van der Waals surface area contributed by atoms with E-state index >= 15 is 0 Å². The zero-order valence-corrected chi connectivity index (χ0v) is 13.1. The molecule has 0 radical (unpaired) electrons. The molecule has 24 heavy (non-hydrogen) atoms. The maximum absolute atomic E-state index is 12.3. The van der Waals surface area contributed by atoms with E-state index in [1.165, 1.54) is 12.3 Å². The molecule has 124 valence electrons. The minimum absolute atomic E-state index is 0.207. The molecule has 0 spiro atoms. The molecular formula is C18H16O6. The molecular weight excluding hydrogens is 312 g/mol. The molecule has 6 heteroatoms. The van der Waals surface area contributed by atoms with Crippen molar-refractivity contribution in [2.45, 2.75) is 13.3 Å². The number of benzene rings is 1. The van der Waals surface area contributed by atoms with Crippen molar-refractivity contribution in [3.8, 4) is 17.3 Å².